The second-order valence-electron chi connectivity index (χ2n) is 6.50. The average molecular weight is 306 g/mol. The molecule has 118 valence electrons. The highest BCUT2D eigenvalue weighted by molar-refractivity contribution is 5.85. The predicted octanol–water partition coefficient (Wildman–Crippen LogP) is 1.35. The number of carbonyl (C=O) groups is 2. The Morgan fingerprint density at radius 2 is 1.75 bits per heavy atom. The van der Waals surface area contributed by atoms with E-state index < -0.39 is 5.41 Å². The Hall–Kier alpha value is -0.810. The third-order valence-electron chi connectivity index (χ3n) is 3.67. The third kappa shape index (κ3) is 5.67. The number of halogens is 1. The van der Waals surface area contributed by atoms with Crippen LogP contribution in [0.5, 0.6) is 0 Å². The van der Waals surface area contributed by atoms with Gasteiger partial charge in [-0.25, -0.2) is 0 Å². The van der Waals surface area contributed by atoms with E-state index >= 15 is 0 Å². The number of hydrogen-bond donors (Lipinski definition) is 3. The van der Waals surface area contributed by atoms with Gasteiger partial charge in [0.25, 0.3) is 0 Å². The Morgan fingerprint density at radius 3 is 2.20 bits per heavy atom. The molecule has 0 unspecified atom stereocenters. The van der Waals surface area contributed by atoms with E-state index in [-0.39, 0.29) is 29.8 Å². The fraction of sp³-hybridized carbons (Fsp3) is 0.857. The summed E-state index contributed by atoms with van der Waals surface area (Å²) < 4.78 is 0. The molecular weight excluding hydrogens is 278 g/mol. The van der Waals surface area contributed by atoms with Crippen molar-refractivity contribution in [2.45, 2.75) is 58.4 Å². The predicted molar refractivity (Wildman–Crippen MR) is 82.7 cm³/mol. The molecule has 5 nitrogen and oxygen atoms in total. The Kier molecular flexibility index (Phi) is 7.52. The molecule has 0 heterocycles. The fourth-order valence-corrected chi connectivity index (χ4v) is 2.34. The van der Waals surface area contributed by atoms with Gasteiger partial charge < -0.3 is 16.4 Å². The van der Waals surface area contributed by atoms with Crippen molar-refractivity contribution in [3.63, 3.8) is 0 Å². The quantitative estimate of drug-likeness (QED) is 0.717. The third-order valence-corrected chi connectivity index (χ3v) is 3.67. The summed E-state index contributed by atoms with van der Waals surface area (Å²) in [4.78, 5) is 23.5. The molecule has 0 aliphatic heterocycles. The molecule has 6 heteroatoms. The number of hydrogen-bond acceptors (Lipinski definition) is 3. The molecular formula is C14H28ClN3O2. The van der Waals surface area contributed by atoms with Crippen LogP contribution >= 0.6 is 12.4 Å². The maximum absolute atomic E-state index is 11.9. The van der Waals surface area contributed by atoms with E-state index in [1.807, 2.05) is 20.8 Å². The van der Waals surface area contributed by atoms with Crippen LogP contribution in [-0.2, 0) is 9.59 Å². The first-order chi connectivity index (χ1) is 8.79. The van der Waals surface area contributed by atoms with Crippen molar-refractivity contribution >= 4 is 24.2 Å². The van der Waals surface area contributed by atoms with Gasteiger partial charge in [-0.2, -0.15) is 0 Å². The first-order valence-electron chi connectivity index (χ1n) is 7.08. The van der Waals surface area contributed by atoms with Crippen LogP contribution < -0.4 is 16.4 Å². The van der Waals surface area contributed by atoms with E-state index in [0.717, 1.165) is 25.7 Å². The second kappa shape index (κ2) is 7.84. The minimum Gasteiger partial charge on any atom is -0.355 e. The van der Waals surface area contributed by atoms with Gasteiger partial charge in [0.2, 0.25) is 11.8 Å². The molecule has 0 aromatic rings. The van der Waals surface area contributed by atoms with Crippen LogP contribution in [0, 0.1) is 5.41 Å². The molecule has 1 saturated carbocycles. The molecule has 0 aromatic carbocycles. The van der Waals surface area contributed by atoms with Crippen molar-refractivity contribution in [1.29, 1.82) is 0 Å². The number of nitrogens with two attached hydrogens (primary N) is 1. The average Bonchev–Trinajstić information content (AvgIpc) is 2.76. The van der Waals surface area contributed by atoms with Gasteiger partial charge in [0.15, 0.2) is 0 Å². The van der Waals surface area contributed by atoms with E-state index in [9.17, 15) is 9.59 Å². The smallest absolute Gasteiger partial charge is 0.225 e. The highest BCUT2D eigenvalue weighted by atomic mass is 35.5. The van der Waals surface area contributed by atoms with Crippen LogP contribution in [0.15, 0.2) is 0 Å². The van der Waals surface area contributed by atoms with Gasteiger partial charge in [-0.3, -0.25) is 9.59 Å². The van der Waals surface area contributed by atoms with Gasteiger partial charge in [-0.1, -0.05) is 33.6 Å². The maximum Gasteiger partial charge on any atom is 0.225 e. The monoisotopic (exact) mass is 305 g/mol. The van der Waals surface area contributed by atoms with Crippen LogP contribution in [0.2, 0.25) is 0 Å². The summed E-state index contributed by atoms with van der Waals surface area (Å²) in [5.41, 5.74) is 5.15. The summed E-state index contributed by atoms with van der Waals surface area (Å²) in [7, 11) is 0. The Bertz CT molecular complexity index is 334. The molecule has 0 saturated heterocycles. The van der Waals surface area contributed by atoms with Crippen molar-refractivity contribution in [3.8, 4) is 0 Å². The van der Waals surface area contributed by atoms with Crippen LogP contribution in [0.25, 0.3) is 0 Å². The standard InChI is InChI=1S/C14H27N3O2.ClH/c1-13(2,3)12(19)16-9-6-11(18)17-14(10-15)7-4-5-8-14;/h4-10,15H2,1-3H3,(H,16,19)(H,17,18);1H. The Labute approximate surface area is 127 Å². The summed E-state index contributed by atoms with van der Waals surface area (Å²) in [6.07, 6.45) is 4.48. The normalized spacial score (nSPS) is 17.2. The molecule has 20 heavy (non-hydrogen) atoms. The van der Waals surface area contributed by atoms with Gasteiger partial charge in [0.05, 0.1) is 5.54 Å². The van der Waals surface area contributed by atoms with Crippen LogP contribution in [-0.4, -0.2) is 30.4 Å². The lowest BCUT2D eigenvalue weighted by atomic mass is 9.95. The minimum atomic E-state index is -0.416. The number of carbonyl (C=O) groups excluding carboxylic acids is 2. The van der Waals surface area contributed by atoms with E-state index in [4.69, 9.17) is 5.73 Å². The van der Waals surface area contributed by atoms with Gasteiger partial charge in [0.1, 0.15) is 0 Å². The lowest BCUT2D eigenvalue weighted by Crippen LogP contribution is -2.52. The molecule has 1 fully saturated rings. The second-order valence-corrected chi connectivity index (χ2v) is 6.50. The molecule has 1 rings (SSSR count). The number of nitrogens with one attached hydrogen (secondary N) is 2. The summed E-state index contributed by atoms with van der Waals surface area (Å²) >= 11 is 0. The number of rotatable bonds is 5. The van der Waals surface area contributed by atoms with Gasteiger partial charge in [0, 0.05) is 24.9 Å². The van der Waals surface area contributed by atoms with Gasteiger partial charge in [-0.05, 0) is 12.8 Å². The van der Waals surface area contributed by atoms with Gasteiger partial charge >= 0.3 is 0 Å². The van der Waals surface area contributed by atoms with Crippen LogP contribution in [0.1, 0.15) is 52.9 Å². The van der Waals surface area contributed by atoms with Crippen molar-refractivity contribution in [2.75, 3.05) is 13.1 Å². The number of amides is 2. The summed E-state index contributed by atoms with van der Waals surface area (Å²) in [6.45, 7) is 6.43. The van der Waals surface area contributed by atoms with Crippen molar-refractivity contribution < 1.29 is 9.59 Å². The molecule has 1 aliphatic carbocycles. The zero-order valence-corrected chi connectivity index (χ0v) is 13.6. The molecule has 0 radical (unpaired) electrons. The maximum atomic E-state index is 11.9. The zero-order valence-electron chi connectivity index (χ0n) is 12.8. The lowest BCUT2D eigenvalue weighted by molar-refractivity contribution is -0.128. The minimum absolute atomic E-state index is 0. The van der Waals surface area contributed by atoms with Gasteiger partial charge in [-0.15, -0.1) is 12.4 Å². The molecule has 0 bridgehead atoms. The molecule has 0 spiro atoms. The van der Waals surface area contributed by atoms with Crippen LogP contribution in [0.3, 0.4) is 0 Å². The summed E-state index contributed by atoms with van der Waals surface area (Å²) in [5.74, 6) is -0.0590. The molecule has 0 aromatic heterocycles. The van der Waals surface area contributed by atoms with E-state index in [1.54, 1.807) is 0 Å². The largest absolute Gasteiger partial charge is 0.355 e. The van der Waals surface area contributed by atoms with Crippen molar-refractivity contribution in [3.05, 3.63) is 0 Å². The van der Waals surface area contributed by atoms with E-state index in [2.05, 4.69) is 10.6 Å². The molecule has 0 atom stereocenters. The highest BCUT2D eigenvalue weighted by Gasteiger charge is 2.33. The Morgan fingerprint density at radius 1 is 1.20 bits per heavy atom. The lowest BCUT2D eigenvalue weighted by Gasteiger charge is -2.28. The first kappa shape index (κ1) is 19.2. The van der Waals surface area contributed by atoms with Crippen molar-refractivity contribution in [1.82, 2.24) is 10.6 Å². The summed E-state index contributed by atoms with van der Waals surface area (Å²) in [5, 5.41) is 5.82. The van der Waals surface area contributed by atoms with Crippen LogP contribution in [0.4, 0.5) is 0 Å². The SMILES string of the molecule is CC(C)(C)C(=O)NCCC(=O)NC1(CN)CCCC1.Cl. The molecule has 2 amide bonds. The summed E-state index contributed by atoms with van der Waals surface area (Å²) in [6, 6.07) is 0. The first-order valence-corrected chi connectivity index (χ1v) is 7.08. The fourth-order valence-electron chi connectivity index (χ4n) is 2.34. The zero-order chi connectivity index (χ0) is 14.5. The van der Waals surface area contributed by atoms with E-state index in [0.29, 0.717) is 19.5 Å². The van der Waals surface area contributed by atoms with E-state index in [1.165, 1.54) is 0 Å². The Balaban J connectivity index is 0.00000361. The highest BCUT2D eigenvalue weighted by Crippen LogP contribution is 2.28. The van der Waals surface area contributed by atoms with Crippen molar-refractivity contribution in [2.24, 2.45) is 11.1 Å². The molecule has 4 N–H and O–H groups in total. The topological polar surface area (TPSA) is 84.2 Å². The molecule has 1 aliphatic rings.